The Morgan fingerprint density at radius 3 is 2.79 bits per heavy atom. The third-order valence-electron chi connectivity index (χ3n) is 3.26. The molecule has 0 saturated carbocycles. The van der Waals surface area contributed by atoms with E-state index in [1.165, 1.54) is 24.3 Å². The average Bonchev–Trinajstić information content (AvgIpc) is 3.11. The van der Waals surface area contributed by atoms with Gasteiger partial charge in [-0.15, -0.1) is 0 Å². The smallest absolute Gasteiger partial charge is 0.331 e. The van der Waals surface area contributed by atoms with E-state index in [0.717, 1.165) is 11.1 Å². The van der Waals surface area contributed by atoms with Gasteiger partial charge < -0.3 is 14.8 Å². The predicted molar refractivity (Wildman–Crippen MR) is 93.7 cm³/mol. The van der Waals surface area contributed by atoms with Crippen LogP contribution in [-0.4, -0.2) is 25.1 Å². The van der Waals surface area contributed by atoms with Crippen LogP contribution in [0.15, 0.2) is 47.2 Å². The molecule has 126 valence electrons. The zero-order valence-electron chi connectivity index (χ0n) is 13.5. The van der Waals surface area contributed by atoms with Crippen LogP contribution >= 0.6 is 11.3 Å². The number of amides is 1. The molecular formula is C18H19NO4S. The molecular weight excluding hydrogens is 326 g/mol. The maximum atomic E-state index is 12.0. The van der Waals surface area contributed by atoms with E-state index in [1.807, 2.05) is 41.1 Å². The molecule has 0 fully saturated rings. The number of rotatable bonds is 7. The summed E-state index contributed by atoms with van der Waals surface area (Å²) in [6, 6.07) is 9.29. The fourth-order valence-corrected chi connectivity index (χ4v) is 2.60. The van der Waals surface area contributed by atoms with Crippen molar-refractivity contribution in [3.63, 3.8) is 0 Å². The number of hydrogen-bond acceptors (Lipinski definition) is 5. The van der Waals surface area contributed by atoms with Gasteiger partial charge in [0, 0.05) is 18.2 Å². The van der Waals surface area contributed by atoms with Crippen LogP contribution in [0.5, 0.6) is 5.75 Å². The molecule has 0 radical (unpaired) electrons. The fourth-order valence-electron chi connectivity index (χ4n) is 1.98. The van der Waals surface area contributed by atoms with Gasteiger partial charge in [-0.2, -0.15) is 11.3 Å². The Morgan fingerprint density at radius 1 is 1.29 bits per heavy atom. The van der Waals surface area contributed by atoms with Gasteiger partial charge in [-0.05, 0) is 41.5 Å². The topological polar surface area (TPSA) is 64.6 Å². The fraction of sp³-hybridized carbons (Fsp3) is 0.222. The first-order valence-electron chi connectivity index (χ1n) is 7.40. The lowest BCUT2D eigenvalue weighted by Gasteiger charge is -2.13. The van der Waals surface area contributed by atoms with Gasteiger partial charge in [0.15, 0.2) is 6.10 Å². The molecule has 2 rings (SSSR count). The van der Waals surface area contributed by atoms with Crippen molar-refractivity contribution in [1.29, 1.82) is 0 Å². The molecule has 1 N–H and O–H groups in total. The predicted octanol–water partition coefficient (Wildman–Crippen LogP) is 3.02. The minimum Gasteiger partial charge on any atom is -0.496 e. The molecule has 24 heavy (non-hydrogen) atoms. The molecule has 0 spiro atoms. The van der Waals surface area contributed by atoms with Crippen molar-refractivity contribution in [3.05, 3.63) is 58.3 Å². The Labute approximate surface area is 144 Å². The summed E-state index contributed by atoms with van der Waals surface area (Å²) in [5.41, 5.74) is 1.77. The van der Waals surface area contributed by atoms with E-state index in [9.17, 15) is 9.59 Å². The van der Waals surface area contributed by atoms with Crippen molar-refractivity contribution in [3.8, 4) is 5.75 Å². The maximum absolute atomic E-state index is 12.0. The van der Waals surface area contributed by atoms with Gasteiger partial charge >= 0.3 is 5.97 Å². The Balaban J connectivity index is 1.82. The summed E-state index contributed by atoms with van der Waals surface area (Å²) in [7, 11) is 1.57. The second kappa shape index (κ2) is 8.88. The molecule has 0 bridgehead atoms. The van der Waals surface area contributed by atoms with Crippen LogP contribution in [0.3, 0.4) is 0 Å². The summed E-state index contributed by atoms with van der Waals surface area (Å²) >= 11 is 1.54. The molecule has 2 aromatic rings. The van der Waals surface area contributed by atoms with Crippen molar-refractivity contribution >= 4 is 29.3 Å². The SMILES string of the molecule is COc1ccccc1CNC(=O)[C@@H](C)OC(=O)/C=C/c1ccsc1. The van der Waals surface area contributed by atoms with E-state index < -0.39 is 12.1 Å². The Kier molecular flexibility index (Phi) is 6.57. The van der Waals surface area contributed by atoms with Gasteiger partial charge in [-0.25, -0.2) is 4.79 Å². The number of nitrogens with one attached hydrogen (secondary N) is 1. The molecule has 0 aliphatic heterocycles. The highest BCUT2D eigenvalue weighted by Gasteiger charge is 2.16. The lowest BCUT2D eigenvalue weighted by Crippen LogP contribution is -2.35. The van der Waals surface area contributed by atoms with Crippen LogP contribution in [-0.2, 0) is 20.9 Å². The van der Waals surface area contributed by atoms with Gasteiger partial charge in [0.2, 0.25) is 0 Å². The minimum atomic E-state index is -0.876. The van der Waals surface area contributed by atoms with E-state index in [1.54, 1.807) is 13.2 Å². The van der Waals surface area contributed by atoms with Gasteiger partial charge in [0.05, 0.1) is 7.11 Å². The van der Waals surface area contributed by atoms with Crippen molar-refractivity contribution in [2.45, 2.75) is 19.6 Å². The molecule has 0 saturated heterocycles. The molecule has 5 nitrogen and oxygen atoms in total. The van der Waals surface area contributed by atoms with Crippen LogP contribution in [0.2, 0.25) is 0 Å². The molecule has 0 unspecified atom stereocenters. The summed E-state index contributed by atoms with van der Waals surface area (Å²) in [6.07, 6.45) is 2.09. The molecule has 1 atom stereocenters. The van der Waals surface area contributed by atoms with Crippen LogP contribution in [0.25, 0.3) is 6.08 Å². The summed E-state index contributed by atoms with van der Waals surface area (Å²) in [5.74, 6) is -0.222. The molecule has 1 amide bonds. The van der Waals surface area contributed by atoms with E-state index in [-0.39, 0.29) is 5.91 Å². The minimum absolute atomic E-state index is 0.301. The lowest BCUT2D eigenvalue weighted by atomic mass is 10.2. The zero-order valence-corrected chi connectivity index (χ0v) is 14.3. The highest BCUT2D eigenvalue weighted by Crippen LogP contribution is 2.16. The first kappa shape index (κ1) is 17.7. The highest BCUT2D eigenvalue weighted by molar-refractivity contribution is 7.08. The Hall–Kier alpha value is -2.60. The molecule has 0 aliphatic carbocycles. The normalized spacial score (nSPS) is 11.9. The standard InChI is InChI=1S/C18H19NO4S/c1-13(23-17(20)8-7-14-9-10-24-12-14)18(21)19-11-15-5-3-4-6-16(15)22-2/h3-10,12-13H,11H2,1-2H3,(H,19,21)/b8-7+/t13-/m1/s1. The Bertz CT molecular complexity index is 710. The van der Waals surface area contributed by atoms with Gasteiger partial charge in [0.25, 0.3) is 5.91 Å². The van der Waals surface area contributed by atoms with E-state index in [4.69, 9.17) is 9.47 Å². The van der Waals surface area contributed by atoms with Crippen molar-refractivity contribution in [1.82, 2.24) is 5.32 Å². The van der Waals surface area contributed by atoms with Crippen LogP contribution < -0.4 is 10.1 Å². The number of para-hydroxylation sites is 1. The summed E-state index contributed by atoms with van der Waals surface area (Å²) in [4.78, 5) is 23.8. The Morgan fingerprint density at radius 2 is 2.08 bits per heavy atom. The summed E-state index contributed by atoms with van der Waals surface area (Å²) < 4.78 is 10.3. The third kappa shape index (κ3) is 5.24. The number of hydrogen-bond donors (Lipinski definition) is 1. The lowest BCUT2D eigenvalue weighted by molar-refractivity contribution is -0.150. The molecule has 1 aromatic heterocycles. The number of methoxy groups -OCH3 is 1. The number of benzene rings is 1. The molecule has 1 heterocycles. The van der Waals surface area contributed by atoms with Crippen LogP contribution in [0.4, 0.5) is 0 Å². The first-order chi connectivity index (χ1) is 11.6. The van der Waals surface area contributed by atoms with E-state index in [2.05, 4.69) is 5.32 Å². The van der Waals surface area contributed by atoms with Gasteiger partial charge in [-0.3, -0.25) is 4.79 Å². The first-order valence-corrected chi connectivity index (χ1v) is 8.35. The second-order valence-corrected chi connectivity index (χ2v) is 5.78. The average molecular weight is 345 g/mol. The van der Waals surface area contributed by atoms with Crippen molar-refractivity contribution in [2.75, 3.05) is 7.11 Å². The van der Waals surface area contributed by atoms with Crippen LogP contribution in [0, 0.1) is 0 Å². The summed E-state index contributed by atoms with van der Waals surface area (Å²) in [5, 5.41) is 6.56. The number of ether oxygens (including phenoxy) is 2. The number of carbonyl (C=O) groups is 2. The third-order valence-corrected chi connectivity index (χ3v) is 3.96. The van der Waals surface area contributed by atoms with E-state index in [0.29, 0.717) is 12.3 Å². The zero-order chi connectivity index (χ0) is 17.4. The van der Waals surface area contributed by atoms with Gasteiger partial charge in [0.1, 0.15) is 5.75 Å². The van der Waals surface area contributed by atoms with Crippen molar-refractivity contribution < 1.29 is 19.1 Å². The number of thiophene rings is 1. The summed E-state index contributed by atoms with van der Waals surface area (Å²) in [6.45, 7) is 1.84. The monoisotopic (exact) mass is 345 g/mol. The molecule has 6 heteroatoms. The number of carbonyl (C=O) groups excluding carboxylic acids is 2. The molecule has 1 aromatic carbocycles. The van der Waals surface area contributed by atoms with Crippen LogP contribution in [0.1, 0.15) is 18.1 Å². The van der Waals surface area contributed by atoms with Gasteiger partial charge in [-0.1, -0.05) is 18.2 Å². The largest absolute Gasteiger partial charge is 0.496 e. The highest BCUT2D eigenvalue weighted by atomic mass is 32.1. The van der Waals surface area contributed by atoms with Crippen molar-refractivity contribution in [2.24, 2.45) is 0 Å². The quantitative estimate of drug-likeness (QED) is 0.619. The second-order valence-electron chi connectivity index (χ2n) is 5.00. The van der Waals surface area contributed by atoms with E-state index >= 15 is 0 Å². The number of esters is 1. The molecule has 0 aliphatic rings. The maximum Gasteiger partial charge on any atom is 0.331 e.